The lowest BCUT2D eigenvalue weighted by Crippen LogP contribution is -2.26. The Hall–Kier alpha value is -3.78. The van der Waals surface area contributed by atoms with Gasteiger partial charge in [0.15, 0.2) is 0 Å². The van der Waals surface area contributed by atoms with Gasteiger partial charge >= 0.3 is 12.1 Å². The summed E-state index contributed by atoms with van der Waals surface area (Å²) in [6.07, 6.45) is -1.78. The van der Waals surface area contributed by atoms with Crippen molar-refractivity contribution in [2.75, 3.05) is 6.54 Å². The number of amides is 1. The second kappa shape index (κ2) is 11.8. The van der Waals surface area contributed by atoms with Crippen LogP contribution in [0.5, 0.6) is 0 Å². The number of benzene rings is 3. The Morgan fingerprint density at radius 3 is 2.30 bits per heavy atom. The summed E-state index contributed by atoms with van der Waals surface area (Å²) < 4.78 is 41.6. The number of halogens is 4. The molecule has 5 nitrogen and oxygen atoms in total. The summed E-state index contributed by atoms with van der Waals surface area (Å²) in [6, 6.07) is 16.6. The predicted molar refractivity (Wildman–Crippen MR) is 151 cm³/mol. The summed E-state index contributed by atoms with van der Waals surface area (Å²) >= 11 is 6.72. The Labute approximate surface area is 235 Å². The summed E-state index contributed by atoms with van der Waals surface area (Å²) in [7, 11) is 0. The van der Waals surface area contributed by atoms with Gasteiger partial charge in [-0.3, -0.25) is 9.59 Å². The fourth-order valence-electron chi connectivity index (χ4n) is 4.90. The highest BCUT2D eigenvalue weighted by atomic mass is 35.5. The molecule has 1 aromatic heterocycles. The molecule has 210 valence electrons. The van der Waals surface area contributed by atoms with Crippen molar-refractivity contribution >= 4 is 34.4 Å². The van der Waals surface area contributed by atoms with Crippen molar-refractivity contribution in [2.45, 2.75) is 45.8 Å². The third kappa shape index (κ3) is 6.50. The Kier molecular flexibility index (Phi) is 8.59. The predicted octanol–water partition coefficient (Wildman–Crippen LogP) is 8.13. The van der Waals surface area contributed by atoms with E-state index in [4.69, 9.17) is 16.7 Å². The maximum Gasteiger partial charge on any atom is 0.416 e. The minimum Gasteiger partial charge on any atom is -0.481 e. The largest absolute Gasteiger partial charge is 0.481 e. The first kappa shape index (κ1) is 29.2. The minimum absolute atomic E-state index is 0.0516. The Bertz CT molecular complexity index is 1540. The van der Waals surface area contributed by atoms with Crippen LogP contribution in [-0.4, -0.2) is 28.1 Å². The van der Waals surface area contributed by atoms with Gasteiger partial charge in [-0.15, -0.1) is 0 Å². The number of hydrogen-bond acceptors (Lipinski definition) is 2. The van der Waals surface area contributed by atoms with Crippen LogP contribution in [0.15, 0.2) is 66.9 Å². The van der Waals surface area contributed by atoms with E-state index in [0.717, 1.165) is 35.0 Å². The molecule has 0 bridgehead atoms. The highest BCUT2D eigenvalue weighted by Crippen LogP contribution is 2.39. The summed E-state index contributed by atoms with van der Waals surface area (Å²) in [4.78, 5) is 23.1. The van der Waals surface area contributed by atoms with Crippen molar-refractivity contribution in [3.05, 3.63) is 94.1 Å². The average molecular weight is 571 g/mol. The molecule has 0 fully saturated rings. The van der Waals surface area contributed by atoms with Gasteiger partial charge in [-0.25, -0.2) is 0 Å². The van der Waals surface area contributed by atoms with E-state index in [-0.39, 0.29) is 24.9 Å². The Morgan fingerprint density at radius 1 is 1.00 bits per heavy atom. The van der Waals surface area contributed by atoms with Crippen LogP contribution in [0, 0.1) is 12.8 Å². The van der Waals surface area contributed by atoms with Crippen molar-refractivity contribution in [3.8, 4) is 11.1 Å². The Morgan fingerprint density at radius 2 is 1.70 bits per heavy atom. The van der Waals surface area contributed by atoms with Crippen LogP contribution in [0.2, 0.25) is 5.02 Å². The molecule has 40 heavy (non-hydrogen) atoms. The number of nitrogens with one attached hydrogen (secondary N) is 1. The van der Waals surface area contributed by atoms with E-state index < -0.39 is 17.7 Å². The van der Waals surface area contributed by atoms with Crippen LogP contribution >= 0.6 is 11.6 Å². The first-order chi connectivity index (χ1) is 18.8. The SMILES string of the molecule is Cc1cc(C(F)(F)F)ccc1-c1cc2ccn(C(CC(C)C)c3ccc(C(=O)NCCC(=O)O)cc3)c2cc1Cl. The average Bonchev–Trinajstić information content (AvgIpc) is 3.28. The number of carbonyl (C=O) groups excluding carboxylic acids is 1. The number of carboxylic acids is 1. The van der Waals surface area contributed by atoms with Crippen molar-refractivity contribution in [1.29, 1.82) is 0 Å². The molecule has 0 spiro atoms. The molecule has 1 heterocycles. The van der Waals surface area contributed by atoms with Crippen LogP contribution in [0.1, 0.15) is 59.8 Å². The van der Waals surface area contributed by atoms with Crippen molar-refractivity contribution in [2.24, 2.45) is 5.92 Å². The third-order valence-electron chi connectivity index (χ3n) is 6.87. The summed E-state index contributed by atoms with van der Waals surface area (Å²) in [5.41, 5.74) is 3.42. The maximum absolute atomic E-state index is 13.2. The van der Waals surface area contributed by atoms with Crippen LogP contribution in [0.25, 0.3) is 22.0 Å². The molecular weight excluding hydrogens is 541 g/mol. The number of aliphatic carboxylic acids is 1. The van der Waals surface area contributed by atoms with Gasteiger partial charge in [-0.1, -0.05) is 43.6 Å². The second-order valence-corrected chi connectivity index (χ2v) is 10.7. The van der Waals surface area contributed by atoms with Gasteiger partial charge in [0.1, 0.15) is 0 Å². The van der Waals surface area contributed by atoms with E-state index in [9.17, 15) is 22.8 Å². The van der Waals surface area contributed by atoms with Crippen molar-refractivity contribution < 1.29 is 27.9 Å². The molecule has 0 saturated heterocycles. The molecule has 0 radical (unpaired) electrons. The molecule has 0 saturated carbocycles. The van der Waals surface area contributed by atoms with E-state index in [1.807, 2.05) is 36.5 Å². The number of nitrogens with zero attached hydrogens (tertiary/aromatic N) is 1. The molecule has 4 rings (SSSR count). The smallest absolute Gasteiger partial charge is 0.416 e. The summed E-state index contributed by atoms with van der Waals surface area (Å²) in [5, 5.41) is 12.7. The molecule has 1 amide bonds. The topological polar surface area (TPSA) is 71.3 Å². The number of hydrogen-bond donors (Lipinski definition) is 2. The monoisotopic (exact) mass is 570 g/mol. The van der Waals surface area contributed by atoms with E-state index in [2.05, 4.69) is 23.7 Å². The van der Waals surface area contributed by atoms with E-state index in [1.54, 1.807) is 19.1 Å². The van der Waals surface area contributed by atoms with Crippen molar-refractivity contribution in [3.63, 3.8) is 0 Å². The molecule has 1 atom stereocenters. The molecule has 9 heteroatoms. The molecule has 0 aliphatic rings. The maximum atomic E-state index is 13.2. The molecular formula is C31H30ClF3N2O3. The van der Waals surface area contributed by atoms with Gasteiger partial charge in [0.2, 0.25) is 0 Å². The number of aryl methyl sites for hydroxylation is 1. The van der Waals surface area contributed by atoms with Crippen LogP contribution in [0.4, 0.5) is 13.2 Å². The molecule has 3 aromatic carbocycles. The summed E-state index contributed by atoms with van der Waals surface area (Å²) in [5.74, 6) is -0.962. The van der Waals surface area contributed by atoms with Crippen molar-refractivity contribution in [1.82, 2.24) is 9.88 Å². The van der Waals surface area contributed by atoms with E-state index in [0.29, 0.717) is 33.2 Å². The summed E-state index contributed by atoms with van der Waals surface area (Å²) in [6.45, 7) is 5.95. The highest BCUT2D eigenvalue weighted by molar-refractivity contribution is 6.34. The number of carboxylic acid groups (broad SMARTS) is 1. The van der Waals surface area contributed by atoms with E-state index >= 15 is 0 Å². The second-order valence-electron chi connectivity index (χ2n) is 10.3. The lowest BCUT2D eigenvalue weighted by atomic mass is 9.95. The molecule has 4 aromatic rings. The molecule has 0 aliphatic carbocycles. The number of fused-ring (bicyclic) bond motifs is 1. The van der Waals surface area contributed by atoms with Gasteiger partial charge < -0.3 is 15.0 Å². The minimum atomic E-state index is -4.41. The van der Waals surface area contributed by atoms with Gasteiger partial charge in [0.05, 0.1) is 28.6 Å². The standard InChI is InChI=1S/C31H30ClF3N2O3/c1-18(2)14-27(20-4-6-21(7-5-20)30(40)36-12-10-29(38)39)37-13-11-22-16-25(26(32)17-28(22)37)24-9-8-23(15-19(24)3)31(33,34)35/h4-9,11,13,15-18,27H,10,12,14H2,1-3H3,(H,36,40)(H,38,39). The zero-order valence-corrected chi connectivity index (χ0v) is 23.1. The van der Waals surface area contributed by atoms with Gasteiger partial charge in [0.25, 0.3) is 5.91 Å². The van der Waals surface area contributed by atoms with Crippen LogP contribution in [0.3, 0.4) is 0 Å². The normalized spacial score (nSPS) is 12.6. The quantitative estimate of drug-likeness (QED) is 0.213. The molecule has 0 aliphatic heterocycles. The zero-order chi connectivity index (χ0) is 29.2. The lowest BCUT2D eigenvalue weighted by molar-refractivity contribution is -0.138. The van der Waals surface area contributed by atoms with Gasteiger partial charge in [-0.05, 0) is 78.4 Å². The lowest BCUT2D eigenvalue weighted by Gasteiger charge is -2.23. The first-order valence-electron chi connectivity index (χ1n) is 12.9. The fraction of sp³-hybridized carbons (Fsp3) is 0.290. The van der Waals surface area contributed by atoms with E-state index in [1.165, 1.54) is 6.07 Å². The third-order valence-corrected chi connectivity index (χ3v) is 7.18. The first-order valence-corrected chi connectivity index (χ1v) is 13.3. The number of aromatic nitrogens is 1. The zero-order valence-electron chi connectivity index (χ0n) is 22.3. The van der Waals surface area contributed by atoms with Gasteiger partial charge in [0, 0.05) is 29.3 Å². The van der Waals surface area contributed by atoms with Gasteiger partial charge in [-0.2, -0.15) is 13.2 Å². The number of rotatable bonds is 9. The molecule has 2 N–H and O–H groups in total. The van der Waals surface area contributed by atoms with Crippen LogP contribution < -0.4 is 5.32 Å². The number of carbonyl (C=O) groups is 2. The fourth-order valence-corrected chi connectivity index (χ4v) is 5.16. The van der Waals surface area contributed by atoms with Crippen LogP contribution in [-0.2, 0) is 11.0 Å². The molecule has 1 unspecified atom stereocenters. The Balaban J connectivity index is 1.67. The highest BCUT2D eigenvalue weighted by Gasteiger charge is 2.31. The number of alkyl halides is 3.